The van der Waals surface area contributed by atoms with E-state index in [1.54, 1.807) is 24.8 Å². The van der Waals surface area contributed by atoms with Crippen LogP contribution in [0.2, 0.25) is 0 Å². The second-order valence-corrected chi connectivity index (χ2v) is 5.20. The third-order valence-corrected chi connectivity index (χ3v) is 3.34. The van der Waals surface area contributed by atoms with Gasteiger partial charge in [-0.25, -0.2) is 4.79 Å². The topological polar surface area (TPSA) is 92.4 Å². The SMILES string of the molecule is CSCC[C@@H](N)C(=O)Nc1ccc(C(=O)O)cc1C. The number of benzene rings is 1. The summed E-state index contributed by atoms with van der Waals surface area (Å²) >= 11 is 1.64. The number of nitrogens with two attached hydrogens (primary N) is 1. The molecule has 0 aliphatic rings. The molecule has 0 aromatic heterocycles. The minimum atomic E-state index is -0.988. The largest absolute Gasteiger partial charge is 0.478 e. The summed E-state index contributed by atoms with van der Waals surface area (Å²) in [5.74, 6) is -0.413. The van der Waals surface area contributed by atoms with Crippen molar-refractivity contribution in [3.05, 3.63) is 29.3 Å². The number of amides is 1. The molecule has 1 aromatic rings. The number of carbonyl (C=O) groups is 2. The summed E-state index contributed by atoms with van der Waals surface area (Å²) in [4.78, 5) is 22.6. The summed E-state index contributed by atoms with van der Waals surface area (Å²) in [5.41, 5.74) is 7.25. The van der Waals surface area contributed by atoms with Gasteiger partial charge in [0.15, 0.2) is 0 Å². The van der Waals surface area contributed by atoms with Crippen LogP contribution in [0.3, 0.4) is 0 Å². The molecular formula is C13H18N2O3S. The van der Waals surface area contributed by atoms with Crippen LogP contribution in [0.4, 0.5) is 5.69 Å². The molecule has 0 aliphatic heterocycles. The molecule has 0 fully saturated rings. The van der Waals surface area contributed by atoms with Gasteiger partial charge in [0.25, 0.3) is 0 Å². The Hall–Kier alpha value is -1.53. The summed E-state index contributed by atoms with van der Waals surface area (Å²) < 4.78 is 0. The molecule has 0 saturated carbocycles. The first-order chi connectivity index (χ1) is 8.95. The van der Waals surface area contributed by atoms with Gasteiger partial charge >= 0.3 is 5.97 Å². The van der Waals surface area contributed by atoms with Crippen molar-refractivity contribution >= 4 is 29.3 Å². The molecule has 0 radical (unpaired) electrons. The minimum absolute atomic E-state index is 0.196. The van der Waals surface area contributed by atoms with Gasteiger partial charge in [0.2, 0.25) is 5.91 Å². The number of hydrogen-bond acceptors (Lipinski definition) is 4. The van der Waals surface area contributed by atoms with E-state index in [0.717, 1.165) is 5.75 Å². The number of nitrogens with one attached hydrogen (secondary N) is 1. The Morgan fingerprint density at radius 1 is 1.47 bits per heavy atom. The Morgan fingerprint density at radius 3 is 2.68 bits per heavy atom. The minimum Gasteiger partial charge on any atom is -0.478 e. The smallest absolute Gasteiger partial charge is 0.335 e. The molecule has 19 heavy (non-hydrogen) atoms. The van der Waals surface area contributed by atoms with Crippen molar-refractivity contribution in [1.82, 2.24) is 0 Å². The lowest BCUT2D eigenvalue weighted by Crippen LogP contribution is -2.36. The summed E-state index contributed by atoms with van der Waals surface area (Å²) in [6.07, 6.45) is 2.57. The predicted octanol–water partition coefficient (Wildman–Crippen LogP) is 1.71. The third-order valence-electron chi connectivity index (χ3n) is 2.70. The molecule has 4 N–H and O–H groups in total. The highest BCUT2D eigenvalue weighted by molar-refractivity contribution is 7.98. The van der Waals surface area contributed by atoms with Gasteiger partial charge in [-0.3, -0.25) is 4.79 Å². The molecule has 0 unspecified atom stereocenters. The zero-order chi connectivity index (χ0) is 14.4. The second-order valence-electron chi connectivity index (χ2n) is 4.21. The summed E-state index contributed by atoms with van der Waals surface area (Å²) in [7, 11) is 0. The van der Waals surface area contributed by atoms with E-state index in [2.05, 4.69) is 5.32 Å². The molecule has 5 nitrogen and oxygen atoms in total. The number of aromatic carboxylic acids is 1. The number of carboxylic acids is 1. The molecule has 0 bridgehead atoms. The van der Waals surface area contributed by atoms with E-state index in [1.807, 2.05) is 6.26 Å². The molecule has 0 spiro atoms. The molecule has 1 aromatic carbocycles. The Kier molecular flexibility index (Phi) is 5.85. The first kappa shape index (κ1) is 15.5. The molecular weight excluding hydrogens is 264 g/mol. The summed E-state index contributed by atoms with van der Waals surface area (Å²) in [6.45, 7) is 1.75. The number of carboxylic acid groups (broad SMARTS) is 1. The van der Waals surface area contributed by atoms with Crippen molar-refractivity contribution in [1.29, 1.82) is 0 Å². The van der Waals surface area contributed by atoms with Gasteiger partial charge in [-0.05, 0) is 49.1 Å². The van der Waals surface area contributed by atoms with Crippen molar-refractivity contribution < 1.29 is 14.7 Å². The number of rotatable bonds is 6. The molecule has 6 heteroatoms. The zero-order valence-electron chi connectivity index (χ0n) is 11.0. The van der Waals surface area contributed by atoms with Crippen LogP contribution in [0.1, 0.15) is 22.3 Å². The number of thioether (sulfide) groups is 1. The summed E-state index contributed by atoms with van der Waals surface area (Å²) in [5, 5.41) is 11.6. The molecule has 0 saturated heterocycles. The van der Waals surface area contributed by atoms with E-state index in [9.17, 15) is 9.59 Å². The molecule has 0 aliphatic carbocycles. The summed E-state index contributed by atoms with van der Waals surface area (Å²) in [6, 6.07) is 4.01. The first-order valence-electron chi connectivity index (χ1n) is 5.85. The maximum Gasteiger partial charge on any atom is 0.335 e. The van der Waals surface area contributed by atoms with E-state index in [1.165, 1.54) is 12.1 Å². The Morgan fingerprint density at radius 2 is 2.16 bits per heavy atom. The van der Waals surface area contributed by atoms with Gasteiger partial charge < -0.3 is 16.2 Å². The van der Waals surface area contributed by atoms with E-state index in [-0.39, 0.29) is 11.5 Å². The van der Waals surface area contributed by atoms with Crippen LogP contribution in [0.15, 0.2) is 18.2 Å². The lowest BCUT2D eigenvalue weighted by Gasteiger charge is -2.13. The molecule has 1 rings (SSSR count). The highest BCUT2D eigenvalue weighted by Gasteiger charge is 2.14. The van der Waals surface area contributed by atoms with Gasteiger partial charge in [-0.15, -0.1) is 0 Å². The Balaban J connectivity index is 2.72. The van der Waals surface area contributed by atoms with Crippen molar-refractivity contribution in [2.45, 2.75) is 19.4 Å². The van der Waals surface area contributed by atoms with Crippen molar-refractivity contribution in [2.75, 3.05) is 17.3 Å². The highest BCUT2D eigenvalue weighted by atomic mass is 32.2. The Labute approximate surface area is 116 Å². The van der Waals surface area contributed by atoms with Gasteiger partial charge in [0.05, 0.1) is 11.6 Å². The second kappa shape index (κ2) is 7.16. The van der Waals surface area contributed by atoms with Gasteiger partial charge in [-0.2, -0.15) is 11.8 Å². The third kappa shape index (κ3) is 4.57. The first-order valence-corrected chi connectivity index (χ1v) is 7.24. The quantitative estimate of drug-likeness (QED) is 0.738. The Bertz CT molecular complexity index is 477. The van der Waals surface area contributed by atoms with Crippen LogP contribution in [0.25, 0.3) is 0 Å². The van der Waals surface area contributed by atoms with E-state index >= 15 is 0 Å². The molecule has 1 atom stereocenters. The fourth-order valence-corrected chi connectivity index (χ4v) is 2.03. The molecule has 0 heterocycles. The number of anilines is 1. The van der Waals surface area contributed by atoms with Gasteiger partial charge in [0.1, 0.15) is 0 Å². The van der Waals surface area contributed by atoms with Gasteiger partial charge in [-0.1, -0.05) is 0 Å². The maximum absolute atomic E-state index is 11.8. The maximum atomic E-state index is 11.8. The standard InChI is InChI=1S/C13H18N2O3S/c1-8-7-9(13(17)18)3-4-11(8)15-12(16)10(14)5-6-19-2/h3-4,7,10H,5-6,14H2,1-2H3,(H,15,16)(H,17,18)/t10-/m1/s1. The van der Waals surface area contributed by atoms with Crippen LogP contribution >= 0.6 is 11.8 Å². The van der Waals surface area contributed by atoms with E-state index < -0.39 is 12.0 Å². The molecule has 1 amide bonds. The van der Waals surface area contributed by atoms with Crippen molar-refractivity contribution in [2.24, 2.45) is 5.73 Å². The highest BCUT2D eigenvalue weighted by Crippen LogP contribution is 2.17. The number of carbonyl (C=O) groups excluding carboxylic acids is 1. The zero-order valence-corrected chi connectivity index (χ0v) is 11.8. The monoisotopic (exact) mass is 282 g/mol. The van der Waals surface area contributed by atoms with Crippen molar-refractivity contribution in [3.8, 4) is 0 Å². The fourth-order valence-electron chi connectivity index (χ4n) is 1.54. The number of aryl methyl sites for hydroxylation is 1. The average molecular weight is 282 g/mol. The van der Waals surface area contributed by atoms with Crippen LogP contribution in [-0.4, -0.2) is 35.0 Å². The lowest BCUT2D eigenvalue weighted by molar-refractivity contribution is -0.117. The lowest BCUT2D eigenvalue weighted by atomic mass is 10.1. The van der Waals surface area contributed by atoms with Crippen LogP contribution in [-0.2, 0) is 4.79 Å². The van der Waals surface area contributed by atoms with E-state index in [4.69, 9.17) is 10.8 Å². The predicted molar refractivity (Wildman–Crippen MR) is 77.7 cm³/mol. The number of hydrogen-bond donors (Lipinski definition) is 3. The van der Waals surface area contributed by atoms with Crippen molar-refractivity contribution in [3.63, 3.8) is 0 Å². The fraction of sp³-hybridized carbons (Fsp3) is 0.385. The van der Waals surface area contributed by atoms with Crippen LogP contribution < -0.4 is 11.1 Å². The average Bonchev–Trinajstić information content (AvgIpc) is 2.37. The van der Waals surface area contributed by atoms with Crippen LogP contribution in [0, 0.1) is 6.92 Å². The molecule has 104 valence electrons. The van der Waals surface area contributed by atoms with Gasteiger partial charge in [0, 0.05) is 5.69 Å². The van der Waals surface area contributed by atoms with Crippen LogP contribution in [0.5, 0.6) is 0 Å². The normalized spacial score (nSPS) is 11.9. The van der Waals surface area contributed by atoms with E-state index in [0.29, 0.717) is 17.7 Å².